The molecule has 116 valence electrons. The average Bonchev–Trinajstić information content (AvgIpc) is 2.43. The third-order valence-corrected chi connectivity index (χ3v) is 3.35. The van der Waals surface area contributed by atoms with Gasteiger partial charge in [-0.1, -0.05) is 23.7 Å². The van der Waals surface area contributed by atoms with E-state index >= 15 is 0 Å². The molecule has 0 aliphatic rings. The molecule has 0 atom stereocenters. The number of aryl methyl sites for hydroxylation is 2. The lowest BCUT2D eigenvalue weighted by molar-refractivity contribution is -0.147. The smallest absolute Gasteiger partial charge is 0.344 e. The molecule has 0 saturated carbocycles. The van der Waals surface area contributed by atoms with E-state index in [1.54, 1.807) is 6.07 Å². The number of carbonyl (C=O) groups excluding carboxylic acids is 1. The normalized spacial score (nSPS) is 10.4. The predicted octanol–water partition coefficient (Wildman–Crippen LogP) is 4.22. The standard InChI is InChI=1S/C17H16ClFO3/c1-11-6-12(2)8-13(7-11)21-10-17(20)22-9-14-15(18)4-3-5-16(14)19/h3-8H,9-10H2,1-2H3. The topological polar surface area (TPSA) is 35.5 Å². The van der Waals surface area contributed by atoms with E-state index in [9.17, 15) is 9.18 Å². The maximum Gasteiger partial charge on any atom is 0.344 e. The van der Waals surface area contributed by atoms with Crippen molar-refractivity contribution in [3.05, 3.63) is 63.9 Å². The summed E-state index contributed by atoms with van der Waals surface area (Å²) < 4.78 is 23.9. The number of rotatable bonds is 5. The molecule has 0 fully saturated rings. The Kier molecular flexibility index (Phi) is 5.39. The van der Waals surface area contributed by atoms with E-state index in [1.807, 2.05) is 32.0 Å². The summed E-state index contributed by atoms with van der Waals surface area (Å²) >= 11 is 5.86. The molecule has 3 nitrogen and oxygen atoms in total. The Morgan fingerprint density at radius 2 is 1.86 bits per heavy atom. The van der Waals surface area contributed by atoms with Crippen LogP contribution in [0.15, 0.2) is 36.4 Å². The zero-order valence-corrected chi connectivity index (χ0v) is 13.1. The highest BCUT2D eigenvalue weighted by molar-refractivity contribution is 6.31. The van der Waals surface area contributed by atoms with Gasteiger partial charge in [-0.15, -0.1) is 0 Å². The highest BCUT2D eigenvalue weighted by atomic mass is 35.5. The molecule has 0 heterocycles. The fourth-order valence-electron chi connectivity index (χ4n) is 2.02. The zero-order valence-electron chi connectivity index (χ0n) is 12.4. The van der Waals surface area contributed by atoms with E-state index in [0.717, 1.165) is 11.1 Å². The Bertz CT molecular complexity index is 645. The van der Waals surface area contributed by atoms with Gasteiger partial charge in [0.2, 0.25) is 0 Å². The van der Waals surface area contributed by atoms with Crippen LogP contribution in [0.5, 0.6) is 5.75 Å². The lowest BCUT2D eigenvalue weighted by atomic mass is 10.1. The van der Waals surface area contributed by atoms with Crippen LogP contribution < -0.4 is 4.74 Å². The van der Waals surface area contributed by atoms with Gasteiger partial charge in [-0.3, -0.25) is 0 Å². The van der Waals surface area contributed by atoms with Gasteiger partial charge in [-0.25, -0.2) is 9.18 Å². The number of halogens is 2. The van der Waals surface area contributed by atoms with Gasteiger partial charge in [0, 0.05) is 5.56 Å². The lowest BCUT2D eigenvalue weighted by Crippen LogP contribution is -2.15. The van der Waals surface area contributed by atoms with Crippen molar-refractivity contribution < 1.29 is 18.7 Å². The fourth-order valence-corrected chi connectivity index (χ4v) is 2.24. The number of hydrogen-bond donors (Lipinski definition) is 0. The van der Waals surface area contributed by atoms with Crippen LogP contribution >= 0.6 is 11.6 Å². The lowest BCUT2D eigenvalue weighted by Gasteiger charge is -2.10. The molecule has 0 bridgehead atoms. The second kappa shape index (κ2) is 7.27. The summed E-state index contributed by atoms with van der Waals surface area (Å²) in [4.78, 5) is 11.7. The molecule has 0 aliphatic heterocycles. The maximum absolute atomic E-state index is 13.5. The molecule has 22 heavy (non-hydrogen) atoms. The summed E-state index contributed by atoms with van der Waals surface area (Å²) in [6.45, 7) is 3.42. The molecule has 0 spiro atoms. The Balaban J connectivity index is 1.88. The second-order valence-corrected chi connectivity index (χ2v) is 5.38. The third kappa shape index (κ3) is 4.46. The molecule has 0 aliphatic carbocycles. The number of ether oxygens (including phenoxy) is 2. The van der Waals surface area contributed by atoms with Crippen molar-refractivity contribution >= 4 is 17.6 Å². The minimum Gasteiger partial charge on any atom is -0.482 e. The summed E-state index contributed by atoms with van der Waals surface area (Å²) in [5.41, 5.74) is 2.24. The first-order chi connectivity index (χ1) is 10.5. The molecular formula is C17H16ClFO3. The highest BCUT2D eigenvalue weighted by Gasteiger charge is 2.11. The molecule has 0 radical (unpaired) electrons. The van der Waals surface area contributed by atoms with Gasteiger partial charge in [-0.2, -0.15) is 0 Å². The molecule has 0 saturated heterocycles. The quantitative estimate of drug-likeness (QED) is 0.773. The molecular weight excluding hydrogens is 307 g/mol. The summed E-state index contributed by atoms with van der Waals surface area (Å²) in [7, 11) is 0. The van der Waals surface area contributed by atoms with Crippen molar-refractivity contribution in [3.8, 4) is 5.75 Å². The Hall–Kier alpha value is -2.07. The predicted molar refractivity (Wildman–Crippen MR) is 82.6 cm³/mol. The van der Waals surface area contributed by atoms with Gasteiger partial charge >= 0.3 is 5.97 Å². The number of hydrogen-bond acceptors (Lipinski definition) is 3. The van der Waals surface area contributed by atoms with E-state index < -0.39 is 11.8 Å². The van der Waals surface area contributed by atoms with Crippen molar-refractivity contribution in [2.45, 2.75) is 20.5 Å². The first-order valence-corrected chi connectivity index (χ1v) is 7.13. The van der Waals surface area contributed by atoms with Crippen molar-refractivity contribution in [2.75, 3.05) is 6.61 Å². The first-order valence-electron chi connectivity index (χ1n) is 6.75. The first kappa shape index (κ1) is 16.3. The van der Waals surface area contributed by atoms with Crippen molar-refractivity contribution in [1.29, 1.82) is 0 Å². The van der Waals surface area contributed by atoms with Crippen LogP contribution in [0.4, 0.5) is 4.39 Å². The van der Waals surface area contributed by atoms with Gasteiger partial charge in [0.1, 0.15) is 18.2 Å². The monoisotopic (exact) mass is 322 g/mol. The summed E-state index contributed by atoms with van der Waals surface area (Å²) in [5.74, 6) is -0.493. The van der Waals surface area contributed by atoms with Crippen LogP contribution in [0.2, 0.25) is 5.02 Å². The summed E-state index contributed by atoms with van der Waals surface area (Å²) in [6, 6.07) is 9.96. The molecule has 0 amide bonds. The number of carbonyl (C=O) groups is 1. The van der Waals surface area contributed by atoms with Gasteiger partial charge in [0.25, 0.3) is 0 Å². The van der Waals surface area contributed by atoms with Crippen LogP contribution in [-0.4, -0.2) is 12.6 Å². The Morgan fingerprint density at radius 1 is 1.18 bits per heavy atom. The Morgan fingerprint density at radius 3 is 2.50 bits per heavy atom. The van der Waals surface area contributed by atoms with E-state index in [4.69, 9.17) is 21.1 Å². The van der Waals surface area contributed by atoms with Gasteiger partial charge in [-0.05, 0) is 49.2 Å². The van der Waals surface area contributed by atoms with E-state index in [1.165, 1.54) is 12.1 Å². The van der Waals surface area contributed by atoms with Crippen LogP contribution in [0.1, 0.15) is 16.7 Å². The zero-order chi connectivity index (χ0) is 16.1. The molecule has 2 aromatic rings. The van der Waals surface area contributed by atoms with Crippen LogP contribution in [0.25, 0.3) is 0 Å². The van der Waals surface area contributed by atoms with Crippen LogP contribution in [0.3, 0.4) is 0 Å². The summed E-state index contributed by atoms with van der Waals surface area (Å²) in [6.07, 6.45) is 0. The van der Waals surface area contributed by atoms with Crippen molar-refractivity contribution in [1.82, 2.24) is 0 Å². The summed E-state index contributed by atoms with van der Waals surface area (Å²) in [5, 5.41) is 0.225. The fraction of sp³-hybridized carbons (Fsp3) is 0.235. The molecule has 0 aromatic heterocycles. The van der Waals surface area contributed by atoms with E-state index in [0.29, 0.717) is 5.75 Å². The SMILES string of the molecule is Cc1cc(C)cc(OCC(=O)OCc2c(F)cccc2Cl)c1. The number of esters is 1. The maximum atomic E-state index is 13.5. The van der Waals surface area contributed by atoms with Gasteiger partial charge in [0.05, 0.1) is 5.02 Å². The largest absolute Gasteiger partial charge is 0.482 e. The second-order valence-electron chi connectivity index (χ2n) is 4.97. The third-order valence-electron chi connectivity index (χ3n) is 2.99. The van der Waals surface area contributed by atoms with E-state index in [2.05, 4.69) is 0 Å². The molecule has 2 aromatic carbocycles. The average molecular weight is 323 g/mol. The number of benzene rings is 2. The molecule has 0 unspecified atom stereocenters. The minimum atomic E-state index is -0.585. The van der Waals surface area contributed by atoms with E-state index in [-0.39, 0.29) is 23.8 Å². The molecule has 5 heteroatoms. The van der Waals surface area contributed by atoms with Gasteiger partial charge < -0.3 is 9.47 Å². The highest BCUT2D eigenvalue weighted by Crippen LogP contribution is 2.20. The van der Waals surface area contributed by atoms with Gasteiger partial charge in [0.15, 0.2) is 6.61 Å². The molecule has 2 rings (SSSR count). The molecule has 0 N–H and O–H groups in total. The van der Waals surface area contributed by atoms with Crippen LogP contribution in [0, 0.1) is 19.7 Å². The van der Waals surface area contributed by atoms with Crippen molar-refractivity contribution in [2.24, 2.45) is 0 Å². The minimum absolute atomic E-state index is 0.156. The Labute approximate surface area is 133 Å². The van der Waals surface area contributed by atoms with Crippen molar-refractivity contribution in [3.63, 3.8) is 0 Å². The van der Waals surface area contributed by atoms with Crippen LogP contribution in [-0.2, 0) is 16.1 Å².